The van der Waals surface area contributed by atoms with Crippen LogP contribution in [0.5, 0.6) is 0 Å². The highest BCUT2D eigenvalue weighted by Crippen LogP contribution is 2.15. The van der Waals surface area contributed by atoms with Crippen molar-refractivity contribution in [2.24, 2.45) is 0 Å². The average molecular weight is 700 g/mol. The zero-order valence-electron chi connectivity index (χ0n) is 32.8. The van der Waals surface area contributed by atoms with E-state index >= 15 is 0 Å². The van der Waals surface area contributed by atoms with Gasteiger partial charge < -0.3 is 28.6 Å². The zero-order chi connectivity index (χ0) is 35.7. The third kappa shape index (κ3) is 37.9. The molecule has 0 aromatic carbocycles. The fourth-order valence-electron chi connectivity index (χ4n) is 5.99. The van der Waals surface area contributed by atoms with Gasteiger partial charge in [-0.05, 0) is 12.8 Å². The van der Waals surface area contributed by atoms with Crippen molar-refractivity contribution in [2.75, 3.05) is 73.1 Å². The molecule has 1 amide bonds. The molecule has 0 aromatic heterocycles. The summed E-state index contributed by atoms with van der Waals surface area (Å²) in [6.45, 7) is 9.72. The Morgan fingerprint density at radius 2 is 0.735 bits per heavy atom. The molecule has 0 unspecified atom stereocenters. The van der Waals surface area contributed by atoms with Gasteiger partial charge in [-0.3, -0.25) is 9.59 Å². The summed E-state index contributed by atoms with van der Waals surface area (Å²) in [7, 11) is 1.64. The number of amides is 1. The van der Waals surface area contributed by atoms with Gasteiger partial charge in [-0.15, -0.1) is 0 Å². The van der Waals surface area contributed by atoms with Crippen molar-refractivity contribution in [1.82, 2.24) is 4.90 Å². The van der Waals surface area contributed by atoms with Gasteiger partial charge in [-0.1, -0.05) is 155 Å². The van der Waals surface area contributed by atoms with Gasteiger partial charge in [0, 0.05) is 26.6 Å². The van der Waals surface area contributed by atoms with Crippen LogP contribution in [0, 0.1) is 0 Å². The first-order chi connectivity index (χ1) is 24.2. The number of esters is 1. The number of carbonyl (C=O) groups excluding carboxylic acids is 2. The summed E-state index contributed by atoms with van der Waals surface area (Å²) in [5.41, 5.74) is 0. The number of hydrogen-bond acceptors (Lipinski definition) is 7. The van der Waals surface area contributed by atoms with E-state index in [0.29, 0.717) is 46.2 Å². The molecule has 0 atom stereocenters. The van der Waals surface area contributed by atoms with Crippen LogP contribution in [0.1, 0.15) is 181 Å². The van der Waals surface area contributed by atoms with Crippen molar-refractivity contribution in [1.29, 1.82) is 0 Å². The SMILES string of the molecule is CCCCCCCCCCCCCCN(CCCCCCCCCCCCCC)C(=O)CCC(=O)OCCOCCOCCOCCOC. The lowest BCUT2D eigenvalue weighted by Crippen LogP contribution is -2.33. The maximum Gasteiger partial charge on any atom is 0.306 e. The first kappa shape index (κ1) is 47.8. The Bertz CT molecular complexity index is 650. The summed E-state index contributed by atoms with van der Waals surface area (Å²) in [4.78, 5) is 27.5. The van der Waals surface area contributed by atoms with Crippen LogP contribution in [-0.4, -0.2) is 89.8 Å². The molecule has 0 aliphatic carbocycles. The number of hydrogen-bond donors (Lipinski definition) is 0. The molecule has 49 heavy (non-hydrogen) atoms. The second-order valence-electron chi connectivity index (χ2n) is 13.7. The quantitative estimate of drug-likeness (QED) is 0.0464. The zero-order valence-corrected chi connectivity index (χ0v) is 32.8. The second-order valence-corrected chi connectivity index (χ2v) is 13.7. The summed E-state index contributed by atoms with van der Waals surface area (Å²) in [5, 5.41) is 0. The molecule has 0 bridgehead atoms. The van der Waals surface area contributed by atoms with Gasteiger partial charge in [-0.25, -0.2) is 0 Å². The molecule has 0 heterocycles. The third-order valence-electron chi connectivity index (χ3n) is 9.13. The van der Waals surface area contributed by atoms with Gasteiger partial charge in [0.1, 0.15) is 6.61 Å². The van der Waals surface area contributed by atoms with E-state index in [-0.39, 0.29) is 31.3 Å². The standard InChI is InChI=1S/C41H81NO7/c1-4-6-8-10-12-14-16-18-20-22-24-26-30-42(31-27-25-23-21-19-17-15-13-11-9-7-5-2)40(43)28-29-41(44)49-39-38-48-37-36-47-35-34-46-33-32-45-3/h4-39H2,1-3H3. The molecule has 8 heteroatoms. The van der Waals surface area contributed by atoms with Gasteiger partial charge in [0.25, 0.3) is 0 Å². The summed E-state index contributed by atoms with van der Waals surface area (Å²) >= 11 is 0. The van der Waals surface area contributed by atoms with E-state index in [1.165, 1.54) is 141 Å². The van der Waals surface area contributed by atoms with Crippen LogP contribution in [-0.2, 0) is 33.3 Å². The summed E-state index contributed by atoms with van der Waals surface area (Å²) < 4.78 is 26.5. The van der Waals surface area contributed by atoms with Crippen LogP contribution in [0.15, 0.2) is 0 Å². The summed E-state index contributed by atoms with van der Waals surface area (Å²) in [6, 6.07) is 0. The molecule has 0 N–H and O–H groups in total. The van der Waals surface area contributed by atoms with Crippen LogP contribution in [0.25, 0.3) is 0 Å². The van der Waals surface area contributed by atoms with Crippen molar-refractivity contribution in [3.63, 3.8) is 0 Å². The lowest BCUT2D eigenvalue weighted by Gasteiger charge is -2.23. The van der Waals surface area contributed by atoms with Crippen LogP contribution in [0.4, 0.5) is 0 Å². The normalized spacial score (nSPS) is 11.3. The highest BCUT2D eigenvalue weighted by Gasteiger charge is 2.15. The maximum atomic E-state index is 13.2. The van der Waals surface area contributed by atoms with Crippen molar-refractivity contribution >= 4 is 11.9 Å². The van der Waals surface area contributed by atoms with Crippen molar-refractivity contribution in [2.45, 2.75) is 181 Å². The Morgan fingerprint density at radius 1 is 0.408 bits per heavy atom. The smallest absolute Gasteiger partial charge is 0.306 e. The third-order valence-corrected chi connectivity index (χ3v) is 9.13. The Hall–Kier alpha value is -1.22. The number of ether oxygens (including phenoxy) is 5. The largest absolute Gasteiger partial charge is 0.463 e. The fourth-order valence-corrected chi connectivity index (χ4v) is 5.99. The van der Waals surface area contributed by atoms with Crippen LogP contribution in [0.2, 0.25) is 0 Å². The van der Waals surface area contributed by atoms with E-state index in [1.54, 1.807) is 7.11 Å². The van der Waals surface area contributed by atoms with Gasteiger partial charge in [0.05, 0.1) is 52.7 Å². The topological polar surface area (TPSA) is 83.5 Å². The lowest BCUT2D eigenvalue weighted by molar-refractivity contribution is -0.147. The molecule has 8 nitrogen and oxygen atoms in total. The van der Waals surface area contributed by atoms with Crippen LogP contribution in [0.3, 0.4) is 0 Å². The molecule has 0 aromatic rings. The molecule has 0 spiro atoms. The van der Waals surface area contributed by atoms with Gasteiger partial charge >= 0.3 is 5.97 Å². The van der Waals surface area contributed by atoms with Crippen LogP contribution >= 0.6 is 0 Å². The molecule has 0 saturated carbocycles. The van der Waals surface area contributed by atoms with Crippen LogP contribution < -0.4 is 0 Å². The molecule has 0 radical (unpaired) electrons. The maximum absolute atomic E-state index is 13.2. The Morgan fingerprint density at radius 3 is 1.10 bits per heavy atom. The number of methoxy groups -OCH3 is 1. The Labute approximate surface area is 303 Å². The number of rotatable bonds is 41. The molecule has 0 rings (SSSR count). The predicted molar refractivity (Wildman–Crippen MR) is 203 cm³/mol. The van der Waals surface area contributed by atoms with Gasteiger partial charge in [0.15, 0.2) is 0 Å². The molecule has 0 aliphatic heterocycles. The van der Waals surface area contributed by atoms with E-state index in [2.05, 4.69) is 13.8 Å². The first-order valence-electron chi connectivity index (χ1n) is 20.8. The van der Waals surface area contributed by atoms with E-state index < -0.39 is 0 Å². The first-order valence-corrected chi connectivity index (χ1v) is 20.8. The van der Waals surface area contributed by atoms with E-state index in [4.69, 9.17) is 23.7 Å². The molecular formula is C41H81NO7. The molecule has 0 aliphatic rings. The van der Waals surface area contributed by atoms with Crippen molar-refractivity contribution < 1.29 is 33.3 Å². The van der Waals surface area contributed by atoms with E-state index in [9.17, 15) is 9.59 Å². The number of nitrogens with zero attached hydrogens (tertiary/aromatic N) is 1. The summed E-state index contributed by atoms with van der Waals surface area (Å²) in [6.07, 6.45) is 31.8. The Kier molecular flexibility index (Phi) is 40.2. The minimum absolute atomic E-state index is 0.0858. The molecule has 292 valence electrons. The predicted octanol–water partition coefficient (Wildman–Crippen LogP) is 10.2. The monoisotopic (exact) mass is 700 g/mol. The Balaban J connectivity index is 4.18. The number of unbranched alkanes of at least 4 members (excludes halogenated alkanes) is 22. The van der Waals surface area contributed by atoms with Gasteiger partial charge in [-0.2, -0.15) is 0 Å². The average Bonchev–Trinajstić information content (AvgIpc) is 3.11. The minimum atomic E-state index is -0.336. The van der Waals surface area contributed by atoms with Crippen molar-refractivity contribution in [3.8, 4) is 0 Å². The summed E-state index contributed by atoms with van der Waals surface area (Å²) in [5.74, 6) is -0.250. The number of carbonyl (C=O) groups is 2. The fraction of sp³-hybridized carbons (Fsp3) is 0.951. The molecular weight excluding hydrogens is 618 g/mol. The lowest BCUT2D eigenvalue weighted by atomic mass is 10.0. The van der Waals surface area contributed by atoms with E-state index in [1.807, 2.05) is 4.90 Å². The minimum Gasteiger partial charge on any atom is -0.463 e. The van der Waals surface area contributed by atoms with Gasteiger partial charge in [0.2, 0.25) is 5.91 Å². The van der Waals surface area contributed by atoms with E-state index in [0.717, 1.165) is 25.9 Å². The molecule has 0 fully saturated rings. The molecule has 0 saturated heterocycles. The van der Waals surface area contributed by atoms with Crippen molar-refractivity contribution in [3.05, 3.63) is 0 Å². The highest BCUT2D eigenvalue weighted by atomic mass is 16.6. The second kappa shape index (κ2) is 41.2. The highest BCUT2D eigenvalue weighted by molar-refractivity contribution is 5.81.